The van der Waals surface area contributed by atoms with E-state index in [2.05, 4.69) is 125 Å². The summed E-state index contributed by atoms with van der Waals surface area (Å²) in [6.07, 6.45) is 0. The van der Waals surface area contributed by atoms with Crippen LogP contribution in [0.1, 0.15) is 0 Å². The smallest absolute Gasteiger partial charge is 0.0463 e. The number of hydrogen-bond donors (Lipinski definition) is 0. The number of para-hydroxylation sites is 3. The van der Waals surface area contributed by atoms with Crippen molar-refractivity contribution in [3.63, 3.8) is 0 Å². The van der Waals surface area contributed by atoms with Gasteiger partial charge in [-0.1, -0.05) is 66.7 Å². The molecule has 0 amide bonds. The van der Waals surface area contributed by atoms with E-state index in [1.165, 1.54) is 0 Å². The molecule has 0 spiro atoms. The minimum Gasteiger partial charge on any atom is -0.311 e. The first-order chi connectivity index (χ1) is 15.9. The van der Waals surface area contributed by atoms with E-state index in [9.17, 15) is 0 Å². The van der Waals surface area contributed by atoms with Gasteiger partial charge in [-0.05, 0) is 78.9 Å². The van der Waals surface area contributed by atoms with E-state index >= 15 is 0 Å². The Balaban J connectivity index is 1.57. The van der Waals surface area contributed by atoms with Crippen molar-refractivity contribution in [1.29, 1.82) is 0 Å². The van der Waals surface area contributed by atoms with Crippen LogP contribution >= 0.6 is 0 Å². The van der Waals surface area contributed by atoms with Crippen molar-refractivity contribution >= 4 is 34.1 Å². The van der Waals surface area contributed by atoms with Gasteiger partial charge in [0.25, 0.3) is 0 Å². The first kappa shape index (κ1) is 19.7. The van der Waals surface area contributed by atoms with Crippen LogP contribution in [-0.2, 0) is 0 Å². The van der Waals surface area contributed by atoms with Crippen LogP contribution in [0.4, 0.5) is 34.1 Å². The van der Waals surface area contributed by atoms with Gasteiger partial charge in [-0.2, -0.15) is 0 Å². The molecule has 5 rings (SSSR count). The summed E-state index contributed by atoms with van der Waals surface area (Å²) in [5.74, 6) is 0. The molecule has 0 heterocycles. The summed E-state index contributed by atoms with van der Waals surface area (Å²) in [6, 6.07) is 51.3. The third kappa shape index (κ3) is 4.12. The van der Waals surface area contributed by atoms with Crippen LogP contribution in [0.5, 0.6) is 0 Å². The van der Waals surface area contributed by atoms with Gasteiger partial charge in [-0.25, -0.2) is 0 Å². The summed E-state index contributed by atoms with van der Waals surface area (Å²) in [7, 11) is 0. The average Bonchev–Trinajstić information content (AvgIpc) is 2.88. The third-order valence-electron chi connectivity index (χ3n) is 5.37. The highest BCUT2D eigenvalue weighted by molar-refractivity contribution is 5.80. The molecule has 0 atom stereocenters. The minimum atomic E-state index is 1.10. The van der Waals surface area contributed by atoms with Crippen LogP contribution in [0.15, 0.2) is 140 Å². The molecule has 2 heteroatoms. The highest BCUT2D eigenvalue weighted by Gasteiger charge is 2.15. The molecule has 0 unspecified atom stereocenters. The van der Waals surface area contributed by atoms with Gasteiger partial charge in [0, 0.05) is 34.1 Å². The average molecular weight is 412 g/mol. The summed E-state index contributed by atoms with van der Waals surface area (Å²) in [5.41, 5.74) is 6.70. The molecule has 2 nitrogen and oxygen atoms in total. The van der Waals surface area contributed by atoms with Crippen LogP contribution in [0, 0.1) is 6.07 Å². The Labute approximate surface area is 189 Å². The third-order valence-corrected chi connectivity index (χ3v) is 5.37. The Hall–Kier alpha value is -4.30. The maximum Gasteiger partial charge on any atom is 0.0463 e. The molecule has 0 aliphatic rings. The van der Waals surface area contributed by atoms with Crippen LogP contribution < -0.4 is 9.80 Å². The van der Waals surface area contributed by atoms with Crippen molar-refractivity contribution in [1.82, 2.24) is 0 Å². The molecule has 5 aromatic carbocycles. The van der Waals surface area contributed by atoms with E-state index in [4.69, 9.17) is 0 Å². The van der Waals surface area contributed by atoms with Crippen LogP contribution in [-0.4, -0.2) is 0 Å². The van der Waals surface area contributed by atoms with Crippen LogP contribution in [0.3, 0.4) is 0 Å². The molecule has 32 heavy (non-hydrogen) atoms. The van der Waals surface area contributed by atoms with E-state index in [1.807, 2.05) is 30.3 Å². The number of hydrogen-bond acceptors (Lipinski definition) is 2. The minimum absolute atomic E-state index is 1.10. The van der Waals surface area contributed by atoms with Crippen molar-refractivity contribution < 1.29 is 0 Å². The summed E-state index contributed by atoms with van der Waals surface area (Å²) < 4.78 is 0. The Bertz CT molecular complexity index is 1060. The maximum absolute atomic E-state index is 3.12. The lowest BCUT2D eigenvalue weighted by Gasteiger charge is -2.28. The molecule has 0 aliphatic heterocycles. The van der Waals surface area contributed by atoms with Gasteiger partial charge in [0.05, 0.1) is 0 Å². The Morgan fingerprint density at radius 1 is 0.312 bits per heavy atom. The van der Waals surface area contributed by atoms with Gasteiger partial charge in [0.2, 0.25) is 0 Å². The van der Waals surface area contributed by atoms with Crippen LogP contribution in [0.25, 0.3) is 0 Å². The predicted octanol–water partition coefficient (Wildman–Crippen LogP) is 8.43. The molecule has 0 saturated heterocycles. The monoisotopic (exact) mass is 411 g/mol. The second-order valence-corrected chi connectivity index (χ2v) is 7.45. The number of anilines is 6. The fourth-order valence-electron chi connectivity index (χ4n) is 3.90. The van der Waals surface area contributed by atoms with Crippen molar-refractivity contribution in [3.8, 4) is 0 Å². The van der Waals surface area contributed by atoms with Gasteiger partial charge < -0.3 is 9.80 Å². The van der Waals surface area contributed by atoms with Gasteiger partial charge >= 0.3 is 0 Å². The van der Waals surface area contributed by atoms with E-state index in [0.717, 1.165) is 34.1 Å². The van der Waals surface area contributed by atoms with Gasteiger partial charge in [0.15, 0.2) is 0 Å². The molecule has 0 aromatic heterocycles. The molecule has 1 radical (unpaired) electrons. The van der Waals surface area contributed by atoms with Gasteiger partial charge in [0.1, 0.15) is 0 Å². The molecule has 0 saturated carbocycles. The molecule has 5 aromatic rings. The topological polar surface area (TPSA) is 6.48 Å². The Kier molecular flexibility index (Phi) is 5.67. The summed E-state index contributed by atoms with van der Waals surface area (Å²) >= 11 is 0. The van der Waals surface area contributed by atoms with Gasteiger partial charge in [-0.15, -0.1) is 0 Å². The van der Waals surface area contributed by atoms with Crippen LogP contribution in [0.2, 0.25) is 0 Å². The van der Waals surface area contributed by atoms with Crippen molar-refractivity contribution in [2.75, 3.05) is 9.80 Å². The fraction of sp³-hybridized carbons (Fsp3) is 0. The lowest BCUT2D eigenvalue weighted by atomic mass is 10.1. The molecular formula is C30H23N2. The lowest BCUT2D eigenvalue weighted by molar-refractivity contribution is 1.26. The second kappa shape index (κ2) is 9.23. The number of rotatable bonds is 6. The Morgan fingerprint density at radius 3 is 0.938 bits per heavy atom. The Morgan fingerprint density at radius 2 is 0.594 bits per heavy atom. The van der Waals surface area contributed by atoms with E-state index in [1.54, 1.807) is 0 Å². The zero-order valence-electron chi connectivity index (χ0n) is 17.7. The number of nitrogens with zero attached hydrogens (tertiary/aromatic N) is 2. The molecule has 0 aliphatic carbocycles. The lowest BCUT2D eigenvalue weighted by Crippen LogP contribution is -2.12. The molecule has 0 N–H and O–H groups in total. The normalized spacial score (nSPS) is 10.5. The van der Waals surface area contributed by atoms with Crippen molar-refractivity contribution in [3.05, 3.63) is 146 Å². The summed E-state index contributed by atoms with van der Waals surface area (Å²) in [5, 5.41) is 0. The predicted molar refractivity (Wildman–Crippen MR) is 135 cm³/mol. The van der Waals surface area contributed by atoms with E-state index in [0.29, 0.717) is 0 Å². The van der Waals surface area contributed by atoms with Gasteiger partial charge in [-0.3, -0.25) is 0 Å². The summed E-state index contributed by atoms with van der Waals surface area (Å²) in [4.78, 5) is 4.53. The van der Waals surface area contributed by atoms with E-state index in [-0.39, 0.29) is 0 Å². The summed E-state index contributed by atoms with van der Waals surface area (Å²) in [6.45, 7) is 0. The molecule has 0 bridgehead atoms. The van der Waals surface area contributed by atoms with Crippen molar-refractivity contribution in [2.24, 2.45) is 0 Å². The SMILES string of the molecule is [c]1ccc(N(c2ccccc2)c2ccc(N(c3ccccc3)c3ccccc3)cc2)cc1. The largest absolute Gasteiger partial charge is 0.311 e. The molecule has 153 valence electrons. The first-order valence-corrected chi connectivity index (χ1v) is 10.7. The highest BCUT2D eigenvalue weighted by Crippen LogP contribution is 2.38. The van der Waals surface area contributed by atoms with Crippen molar-refractivity contribution in [2.45, 2.75) is 0 Å². The molecular weight excluding hydrogens is 388 g/mol. The standard InChI is InChI=1S/C30H23N2/c1-5-13-25(14-6-1)31(26-15-7-2-8-16-26)29-21-23-30(24-22-29)32(27-17-9-3-10-18-27)28-19-11-4-12-20-28/h1-3,5-24H. The van der Waals surface area contributed by atoms with E-state index < -0.39 is 0 Å². The fourth-order valence-corrected chi connectivity index (χ4v) is 3.90. The highest BCUT2D eigenvalue weighted by atomic mass is 15.2. The quantitative estimate of drug-likeness (QED) is 0.277. The zero-order chi connectivity index (χ0) is 21.6. The zero-order valence-corrected chi connectivity index (χ0v) is 17.7. The second-order valence-electron chi connectivity index (χ2n) is 7.45. The maximum atomic E-state index is 3.12. The first-order valence-electron chi connectivity index (χ1n) is 10.7. The molecule has 0 fully saturated rings. The number of benzene rings is 5.